The molecule has 3 aromatic carbocycles. The van der Waals surface area contributed by atoms with E-state index in [1.807, 2.05) is 24.3 Å². The van der Waals surface area contributed by atoms with E-state index in [-0.39, 0.29) is 12.5 Å². The molecule has 0 unspecified atom stereocenters. The Balaban J connectivity index is 1.44. The van der Waals surface area contributed by atoms with Crippen molar-refractivity contribution in [2.75, 3.05) is 11.9 Å². The molecule has 0 radical (unpaired) electrons. The summed E-state index contributed by atoms with van der Waals surface area (Å²) in [5, 5.41) is 12.8. The van der Waals surface area contributed by atoms with Gasteiger partial charge in [-0.3, -0.25) is 5.32 Å². The second-order valence-electron chi connectivity index (χ2n) is 7.59. The molecule has 4 heteroatoms. The number of anilines is 1. The Bertz CT molecular complexity index is 957. The van der Waals surface area contributed by atoms with Gasteiger partial charge in [-0.25, -0.2) is 4.79 Å². The highest BCUT2D eigenvalue weighted by atomic mass is 16.5. The first-order chi connectivity index (χ1) is 13.4. The number of aliphatic hydroxyl groups is 1. The molecule has 0 bridgehead atoms. The van der Waals surface area contributed by atoms with Crippen LogP contribution in [0.15, 0.2) is 72.8 Å². The normalized spacial score (nSPS) is 13.0. The van der Waals surface area contributed by atoms with E-state index < -0.39 is 11.7 Å². The van der Waals surface area contributed by atoms with Crippen LogP contribution >= 0.6 is 0 Å². The lowest BCUT2D eigenvalue weighted by Crippen LogP contribution is -2.18. The first-order valence-corrected chi connectivity index (χ1v) is 9.38. The van der Waals surface area contributed by atoms with Crippen molar-refractivity contribution in [3.63, 3.8) is 0 Å². The van der Waals surface area contributed by atoms with Gasteiger partial charge in [0, 0.05) is 11.6 Å². The third kappa shape index (κ3) is 3.51. The summed E-state index contributed by atoms with van der Waals surface area (Å²) in [4.78, 5) is 12.3. The summed E-state index contributed by atoms with van der Waals surface area (Å²) in [6, 6.07) is 23.6. The van der Waals surface area contributed by atoms with E-state index in [2.05, 4.69) is 29.6 Å². The van der Waals surface area contributed by atoms with Gasteiger partial charge in [0.25, 0.3) is 0 Å². The topological polar surface area (TPSA) is 58.6 Å². The maximum Gasteiger partial charge on any atom is 0.411 e. The lowest BCUT2D eigenvalue weighted by molar-refractivity contribution is 0.0786. The molecule has 0 fully saturated rings. The van der Waals surface area contributed by atoms with Crippen LogP contribution in [0, 0.1) is 0 Å². The summed E-state index contributed by atoms with van der Waals surface area (Å²) in [6.07, 6.45) is -0.488. The lowest BCUT2D eigenvalue weighted by Gasteiger charge is -2.18. The molecule has 0 heterocycles. The van der Waals surface area contributed by atoms with Gasteiger partial charge in [-0.2, -0.15) is 0 Å². The van der Waals surface area contributed by atoms with Gasteiger partial charge in [0.1, 0.15) is 6.61 Å². The zero-order valence-corrected chi connectivity index (χ0v) is 16.0. The van der Waals surface area contributed by atoms with Crippen molar-refractivity contribution in [2.45, 2.75) is 25.4 Å². The molecule has 0 aromatic heterocycles. The number of nitrogens with one attached hydrogen (secondary N) is 1. The molecular formula is C24H23NO3. The summed E-state index contributed by atoms with van der Waals surface area (Å²) >= 11 is 0. The van der Waals surface area contributed by atoms with Crippen molar-refractivity contribution < 1.29 is 14.6 Å². The maximum absolute atomic E-state index is 12.3. The highest BCUT2D eigenvalue weighted by molar-refractivity contribution is 5.85. The average molecular weight is 373 g/mol. The lowest BCUT2D eigenvalue weighted by atomic mass is 9.98. The number of ether oxygens (including phenoxy) is 1. The fourth-order valence-corrected chi connectivity index (χ4v) is 3.71. The highest BCUT2D eigenvalue weighted by Crippen LogP contribution is 2.44. The minimum Gasteiger partial charge on any atom is -0.448 e. The molecule has 0 aliphatic heterocycles. The molecule has 4 rings (SSSR count). The van der Waals surface area contributed by atoms with Crippen LogP contribution in [0.2, 0.25) is 0 Å². The van der Waals surface area contributed by atoms with Crippen LogP contribution in [-0.2, 0) is 10.3 Å². The van der Waals surface area contributed by atoms with Gasteiger partial charge in [-0.15, -0.1) is 0 Å². The largest absolute Gasteiger partial charge is 0.448 e. The number of amides is 1. The zero-order valence-electron chi connectivity index (χ0n) is 16.0. The van der Waals surface area contributed by atoms with Crippen LogP contribution in [-0.4, -0.2) is 17.8 Å². The maximum atomic E-state index is 12.3. The Morgan fingerprint density at radius 3 is 2.00 bits per heavy atom. The number of fused-ring (bicyclic) bond motifs is 3. The van der Waals surface area contributed by atoms with Crippen molar-refractivity contribution in [2.24, 2.45) is 0 Å². The highest BCUT2D eigenvalue weighted by Gasteiger charge is 2.29. The average Bonchev–Trinajstić information content (AvgIpc) is 3.00. The van der Waals surface area contributed by atoms with E-state index in [1.54, 1.807) is 38.1 Å². The van der Waals surface area contributed by atoms with E-state index in [1.165, 1.54) is 22.3 Å². The van der Waals surface area contributed by atoms with Crippen molar-refractivity contribution in [3.8, 4) is 11.1 Å². The molecule has 3 aromatic rings. The Labute approximate surface area is 164 Å². The van der Waals surface area contributed by atoms with E-state index >= 15 is 0 Å². The smallest absolute Gasteiger partial charge is 0.411 e. The second kappa shape index (κ2) is 7.13. The molecule has 28 heavy (non-hydrogen) atoms. The first-order valence-electron chi connectivity index (χ1n) is 9.38. The molecule has 0 atom stereocenters. The minimum atomic E-state index is -0.914. The third-order valence-electron chi connectivity index (χ3n) is 5.18. The summed E-state index contributed by atoms with van der Waals surface area (Å²) in [5.41, 5.74) is 5.28. The predicted octanol–water partition coefficient (Wildman–Crippen LogP) is 5.28. The minimum absolute atomic E-state index is 0.0377. The summed E-state index contributed by atoms with van der Waals surface area (Å²) < 4.78 is 5.54. The Kier molecular flexibility index (Phi) is 4.65. The van der Waals surface area contributed by atoms with Crippen LogP contribution in [0.5, 0.6) is 0 Å². The Morgan fingerprint density at radius 1 is 0.929 bits per heavy atom. The molecule has 142 valence electrons. The molecule has 2 N–H and O–H groups in total. The van der Waals surface area contributed by atoms with Crippen LogP contribution < -0.4 is 5.32 Å². The molecule has 1 aliphatic rings. The van der Waals surface area contributed by atoms with Gasteiger partial charge in [0.2, 0.25) is 0 Å². The Hall–Kier alpha value is -3.11. The van der Waals surface area contributed by atoms with Crippen molar-refractivity contribution in [3.05, 3.63) is 89.5 Å². The number of carbonyl (C=O) groups is 1. The summed E-state index contributed by atoms with van der Waals surface area (Å²) in [6.45, 7) is 3.73. The van der Waals surface area contributed by atoms with Gasteiger partial charge in [0.15, 0.2) is 0 Å². The van der Waals surface area contributed by atoms with E-state index in [0.717, 1.165) is 5.56 Å². The predicted molar refractivity (Wildman–Crippen MR) is 110 cm³/mol. The number of hydrogen-bond donors (Lipinski definition) is 2. The third-order valence-corrected chi connectivity index (χ3v) is 5.18. The second-order valence-corrected chi connectivity index (χ2v) is 7.59. The van der Waals surface area contributed by atoms with Crippen LogP contribution in [0.3, 0.4) is 0 Å². The monoisotopic (exact) mass is 373 g/mol. The zero-order chi connectivity index (χ0) is 19.7. The van der Waals surface area contributed by atoms with Crippen molar-refractivity contribution >= 4 is 11.8 Å². The quantitative estimate of drug-likeness (QED) is 0.654. The van der Waals surface area contributed by atoms with Gasteiger partial charge < -0.3 is 9.84 Å². The van der Waals surface area contributed by atoms with Gasteiger partial charge in [0.05, 0.1) is 5.60 Å². The van der Waals surface area contributed by atoms with Gasteiger partial charge in [-0.05, 0) is 53.8 Å². The fourth-order valence-electron chi connectivity index (χ4n) is 3.71. The summed E-state index contributed by atoms with van der Waals surface area (Å²) in [5.74, 6) is 0.0377. The Morgan fingerprint density at radius 2 is 1.46 bits per heavy atom. The molecule has 0 saturated carbocycles. The van der Waals surface area contributed by atoms with Gasteiger partial charge >= 0.3 is 6.09 Å². The van der Waals surface area contributed by atoms with Crippen LogP contribution in [0.25, 0.3) is 11.1 Å². The van der Waals surface area contributed by atoms with E-state index in [9.17, 15) is 9.90 Å². The number of benzene rings is 3. The number of hydrogen-bond acceptors (Lipinski definition) is 3. The van der Waals surface area contributed by atoms with E-state index in [4.69, 9.17) is 4.74 Å². The molecule has 1 aliphatic carbocycles. The SMILES string of the molecule is CC(C)(O)c1ccc(NC(=O)OCC2c3ccccc3-c3ccccc32)cc1. The van der Waals surface area contributed by atoms with Crippen LogP contribution in [0.4, 0.5) is 10.5 Å². The number of rotatable bonds is 4. The standard InChI is InChI=1S/C24H23NO3/c1-24(2,27)16-11-13-17(14-12-16)25-23(26)28-15-22-20-9-5-3-7-18(20)19-8-4-6-10-21(19)22/h3-14,22,27H,15H2,1-2H3,(H,25,26). The van der Waals surface area contributed by atoms with Crippen LogP contribution in [0.1, 0.15) is 36.5 Å². The molecular weight excluding hydrogens is 350 g/mol. The van der Waals surface area contributed by atoms with Gasteiger partial charge in [-0.1, -0.05) is 60.7 Å². The van der Waals surface area contributed by atoms with Crippen molar-refractivity contribution in [1.29, 1.82) is 0 Å². The summed E-state index contributed by atoms with van der Waals surface area (Å²) in [7, 11) is 0. The fraction of sp³-hybridized carbons (Fsp3) is 0.208. The molecule has 0 saturated heterocycles. The molecule has 1 amide bonds. The molecule has 4 nitrogen and oxygen atoms in total. The van der Waals surface area contributed by atoms with E-state index in [0.29, 0.717) is 5.69 Å². The molecule has 0 spiro atoms. The first kappa shape index (κ1) is 18.3. The van der Waals surface area contributed by atoms with Crippen molar-refractivity contribution in [1.82, 2.24) is 0 Å². The number of carbonyl (C=O) groups excluding carboxylic acids is 1.